The van der Waals surface area contributed by atoms with E-state index in [9.17, 15) is 38.7 Å². The van der Waals surface area contributed by atoms with Gasteiger partial charge in [-0.1, -0.05) is 86.6 Å². The zero-order valence-corrected chi connectivity index (χ0v) is 40.3. The Labute approximate surface area is 417 Å². The molecule has 1 aliphatic heterocycles. The van der Waals surface area contributed by atoms with Crippen LogP contribution in [-0.2, 0) is 59.2 Å². The molecule has 20 heteroatoms. The summed E-state index contributed by atoms with van der Waals surface area (Å²) >= 11 is 0. The third kappa shape index (κ3) is 15.8. The summed E-state index contributed by atoms with van der Waals surface area (Å²) in [5, 5.41) is 30.2. The molecule has 0 unspecified atom stereocenters. The molecular formula is C52H64N12O8. The summed E-state index contributed by atoms with van der Waals surface area (Å²) < 4.78 is 0. The molecular weight excluding hydrogens is 921 g/mol. The minimum Gasteiger partial charge on any atom is -0.508 e. The number of amides is 7. The number of carbonyl (C=O) groups is 7. The molecule has 0 aliphatic carbocycles. The zero-order chi connectivity index (χ0) is 51.7. The predicted molar refractivity (Wildman–Crippen MR) is 272 cm³/mol. The molecule has 2 heterocycles. The van der Waals surface area contributed by atoms with Gasteiger partial charge in [0.1, 0.15) is 42.0 Å². The van der Waals surface area contributed by atoms with Crippen molar-refractivity contribution in [1.29, 1.82) is 0 Å². The Hall–Kier alpha value is -8.42. The summed E-state index contributed by atoms with van der Waals surface area (Å²) in [4.78, 5) is 108. The lowest BCUT2D eigenvalue weighted by Crippen LogP contribution is -2.60. The monoisotopic (exact) mass is 984 g/mol. The molecule has 0 bridgehead atoms. The fourth-order valence-electron chi connectivity index (χ4n) is 8.34. The Kier molecular flexibility index (Phi) is 18.7. The number of aromatic hydroxyl groups is 1. The van der Waals surface area contributed by atoms with Gasteiger partial charge in [0.05, 0.1) is 6.54 Å². The first-order valence-electron chi connectivity index (χ1n) is 23.9. The highest BCUT2D eigenvalue weighted by molar-refractivity contribution is 5.98. The molecule has 6 atom stereocenters. The number of phenols is 1. The highest BCUT2D eigenvalue weighted by atomic mass is 16.3. The van der Waals surface area contributed by atoms with E-state index >= 15 is 0 Å². The van der Waals surface area contributed by atoms with Crippen LogP contribution in [0.25, 0.3) is 10.9 Å². The third-order valence-corrected chi connectivity index (χ3v) is 12.1. The van der Waals surface area contributed by atoms with Gasteiger partial charge >= 0.3 is 0 Å². The lowest BCUT2D eigenvalue weighted by atomic mass is 9.99. The van der Waals surface area contributed by atoms with Crippen LogP contribution in [0.1, 0.15) is 55.4 Å². The smallest absolute Gasteiger partial charge is 0.243 e. The quantitative estimate of drug-likeness (QED) is 0.0321. The number of carbonyl (C=O) groups excluding carboxylic acids is 7. The van der Waals surface area contributed by atoms with Crippen LogP contribution in [0.4, 0.5) is 5.69 Å². The van der Waals surface area contributed by atoms with E-state index in [1.165, 1.54) is 12.1 Å². The number of benzene rings is 4. The number of aromatic amines is 1. The Morgan fingerprint density at radius 1 is 0.583 bits per heavy atom. The largest absolute Gasteiger partial charge is 0.508 e. The van der Waals surface area contributed by atoms with E-state index in [0.717, 1.165) is 10.9 Å². The van der Waals surface area contributed by atoms with Crippen LogP contribution in [0.3, 0.4) is 0 Å². The van der Waals surface area contributed by atoms with Crippen LogP contribution in [0.5, 0.6) is 5.75 Å². The summed E-state index contributed by atoms with van der Waals surface area (Å²) in [6.07, 6.45) is 1.76. The van der Waals surface area contributed by atoms with Crippen molar-refractivity contribution in [3.8, 4) is 5.75 Å². The van der Waals surface area contributed by atoms with Gasteiger partial charge in [-0.3, -0.25) is 38.6 Å². The van der Waals surface area contributed by atoms with Crippen LogP contribution in [0, 0.1) is 5.92 Å². The summed E-state index contributed by atoms with van der Waals surface area (Å²) in [5.41, 5.74) is 20.8. The van der Waals surface area contributed by atoms with Crippen molar-refractivity contribution in [2.24, 2.45) is 22.4 Å². The van der Waals surface area contributed by atoms with Gasteiger partial charge in [0.25, 0.3) is 0 Å². The third-order valence-electron chi connectivity index (χ3n) is 12.1. The minimum absolute atomic E-state index is 0.000704. The number of para-hydroxylation sites is 1. The maximum absolute atomic E-state index is 14.9. The molecule has 1 aromatic heterocycles. The van der Waals surface area contributed by atoms with Crippen LogP contribution in [-0.4, -0.2) is 107 Å². The van der Waals surface area contributed by atoms with Crippen molar-refractivity contribution < 1.29 is 38.7 Å². The van der Waals surface area contributed by atoms with Crippen LogP contribution >= 0.6 is 0 Å². The van der Waals surface area contributed by atoms with E-state index in [2.05, 4.69) is 47.2 Å². The second kappa shape index (κ2) is 25.4. The number of nitrogens with two attached hydrogens (primary N) is 3. The molecule has 1 saturated heterocycles. The standard InChI is InChI=1S/C52H64N12O8/c1-30(2)23-40-48(69)60-39(13-8-22-56-52(54)55)47(68)64-44(27-34-28-57-38-12-7-6-11-37(34)38)51(72)63-43(26-33-16-20-36(65)21-17-33)50(71)62-42(25-32-14-18-35(53)19-15-32)49(70)61-41(24-31-9-4-3-5-10-31)46(67)58-29-45(66)59-40/h3-7,9-12,14-21,28,30,39-44,57,65H,8,13,22-27,29,53H2,1-2H3,(H,58,67)(H,59,66)(H,60,69)(H,61,70)(H,62,71)(H,63,72)(H,64,68)(H4,54,55,56)/t39-,40-,41-,42-,43-,44-/m0/s1. The van der Waals surface area contributed by atoms with Gasteiger partial charge in [0, 0.05) is 55.0 Å². The first kappa shape index (κ1) is 52.9. The summed E-state index contributed by atoms with van der Waals surface area (Å²) in [5.74, 6) is -5.59. The van der Waals surface area contributed by atoms with Crippen molar-refractivity contribution in [2.75, 3.05) is 18.8 Å². The maximum Gasteiger partial charge on any atom is 0.243 e. The number of H-pyrrole nitrogens is 1. The van der Waals surface area contributed by atoms with E-state index in [1.54, 1.807) is 72.9 Å². The molecule has 5 aromatic rings. The number of fused-ring (bicyclic) bond motifs is 1. The average Bonchev–Trinajstić information content (AvgIpc) is 3.76. The number of guanidine groups is 1. The summed E-state index contributed by atoms with van der Waals surface area (Å²) in [6.45, 7) is 3.21. The van der Waals surface area contributed by atoms with E-state index in [0.29, 0.717) is 27.9 Å². The molecule has 0 spiro atoms. The van der Waals surface area contributed by atoms with Gasteiger partial charge < -0.3 is 64.5 Å². The first-order chi connectivity index (χ1) is 34.5. The number of nitrogens with zero attached hydrogens (tertiary/aromatic N) is 1. The highest BCUT2D eigenvalue weighted by Gasteiger charge is 2.35. The highest BCUT2D eigenvalue weighted by Crippen LogP contribution is 2.20. The molecule has 0 saturated carbocycles. The number of nitrogen functional groups attached to an aromatic ring is 1. The molecule has 20 nitrogen and oxygen atoms in total. The van der Waals surface area contributed by atoms with Crippen LogP contribution in [0.2, 0.25) is 0 Å². The van der Waals surface area contributed by atoms with Gasteiger partial charge in [-0.2, -0.15) is 0 Å². The number of rotatable bonds is 14. The van der Waals surface area contributed by atoms with Gasteiger partial charge in [-0.05, 0) is 77.8 Å². The lowest BCUT2D eigenvalue weighted by molar-refractivity contribution is -0.135. The topological polar surface area (TPSA) is 330 Å². The molecule has 6 rings (SSSR count). The predicted octanol–water partition coefficient (Wildman–Crippen LogP) is 0.865. The lowest BCUT2D eigenvalue weighted by Gasteiger charge is -2.28. The van der Waals surface area contributed by atoms with Crippen molar-refractivity contribution in [3.05, 3.63) is 132 Å². The number of hydrogen-bond acceptors (Lipinski definition) is 10. The molecule has 1 aliphatic rings. The van der Waals surface area contributed by atoms with E-state index in [4.69, 9.17) is 17.2 Å². The fourth-order valence-corrected chi connectivity index (χ4v) is 8.34. The number of aromatic nitrogens is 1. The van der Waals surface area contributed by atoms with Crippen molar-refractivity contribution in [1.82, 2.24) is 42.2 Å². The van der Waals surface area contributed by atoms with Gasteiger partial charge in [-0.25, -0.2) is 0 Å². The maximum atomic E-state index is 14.9. The SMILES string of the molecule is CC(C)C[C@@H]1NC(=O)CNC(=O)[C@H](Cc2ccccc2)NC(=O)[C@H](Cc2ccc(N)cc2)NC(=O)[C@H](Cc2ccc(O)cc2)NC(=O)[C@H](Cc2c[nH]c3ccccc23)NC(=O)[C@H](CCCN=C(N)N)NC1=O. The van der Waals surface area contributed by atoms with Crippen LogP contribution in [0.15, 0.2) is 114 Å². The number of aliphatic imine (C=N–C) groups is 1. The molecule has 0 radical (unpaired) electrons. The minimum atomic E-state index is -1.40. The zero-order valence-electron chi connectivity index (χ0n) is 40.3. The Morgan fingerprint density at radius 3 is 1.65 bits per heavy atom. The number of hydrogen-bond donors (Lipinski definition) is 12. The average molecular weight is 985 g/mol. The molecule has 1 fully saturated rings. The second-order valence-corrected chi connectivity index (χ2v) is 18.3. The van der Waals surface area contributed by atoms with E-state index < -0.39 is 84.1 Å². The summed E-state index contributed by atoms with van der Waals surface area (Å²) in [7, 11) is 0. The van der Waals surface area contributed by atoms with Crippen molar-refractivity contribution >= 4 is 63.9 Å². The summed E-state index contributed by atoms with van der Waals surface area (Å²) in [6, 6.07) is 21.1. The van der Waals surface area contributed by atoms with Crippen molar-refractivity contribution in [2.45, 2.75) is 95.0 Å². The molecule has 380 valence electrons. The molecule has 72 heavy (non-hydrogen) atoms. The molecule has 15 N–H and O–H groups in total. The Morgan fingerprint density at radius 2 is 1.07 bits per heavy atom. The van der Waals surface area contributed by atoms with Gasteiger partial charge in [0.15, 0.2) is 5.96 Å². The normalized spacial score (nSPS) is 21.0. The molecule has 7 amide bonds. The van der Waals surface area contributed by atoms with Gasteiger partial charge in [-0.15, -0.1) is 0 Å². The van der Waals surface area contributed by atoms with E-state index in [-0.39, 0.29) is 69.1 Å². The van der Waals surface area contributed by atoms with Gasteiger partial charge in [0.2, 0.25) is 41.4 Å². The van der Waals surface area contributed by atoms with Crippen molar-refractivity contribution in [3.63, 3.8) is 0 Å². The number of nitrogens with one attached hydrogen (secondary N) is 8. The fraction of sp³-hybridized carbons (Fsp3) is 0.346. The number of anilines is 1. The van der Waals surface area contributed by atoms with E-state index in [1.807, 2.05) is 38.1 Å². The Bertz CT molecular complexity index is 2710. The Balaban J connectivity index is 1.44. The second-order valence-electron chi connectivity index (χ2n) is 18.3. The van der Waals surface area contributed by atoms with Crippen LogP contribution < -0.4 is 54.4 Å². The first-order valence-corrected chi connectivity index (χ1v) is 23.9. The number of phenolic OH excluding ortho intramolecular Hbond substituents is 1. The molecule has 4 aromatic carbocycles.